The molecule has 0 unspecified atom stereocenters. The number of aliphatic hydroxyl groups excluding tert-OH is 3. The molecule has 65 heavy (non-hydrogen) atoms. The summed E-state index contributed by atoms with van der Waals surface area (Å²) in [7, 11) is 3.00. The lowest BCUT2D eigenvalue weighted by Gasteiger charge is -2.53. The molecule has 8 N–H and O–H groups in total. The van der Waals surface area contributed by atoms with E-state index in [-0.39, 0.29) is 23.6 Å². The zero-order valence-electron chi connectivity index (χ0n) is 37.5. The van der Waals surface area contributed by atoms with E-state index in [0.717, 1.165) is 57.5 Å². The van der Waals surface area contributed by atoms with Gasteiger partial charge in [-0.2, -0.15) is 5.10 Å². The summed E-state index contributed by atoms with van der Waals surface area (Å²) in [5.74, 6) is -10.1. The standard InChI is InChI=1S/C50H60N5O9P/c1-30-34-25-26-35(43(57)38(34)44(58)39-37(30)45(59)41-42(54(2)3)46(60)40(49(51)63)48(62)50(41,64)47(39)61)53-36(56)24-18-10-8-6-5-7-9-11-19-27-65(31-20-14-12-15-21-31,32-22-16-13-17-23-32)33-28-52-55(4)29-33/h12-17,20-23,25-26,28-30,37,41-42,45,59,64H,5-11,18-19,24,27H2,1-4H3,(H5-,51,53,56,57,58,60,61,62,63)/p+1/t30-,37+,41+,42-,45-,50-/m0/s1. The molecule has 6 atom stereocenters. The number of rotatable bonds is 18. The highest BCUT2D eigenvalue weighted by Crippen LogP contribution is 2.58. The molecule has 0 spiro atoms. The molecular weight excluding hydrogens is 846 g/mol. The first-order chi connectivity index (χ1) is 31.1. The maximum atomic E-state index is 14.3. The van der Waals surface area contributed by atoms with Crippen molar-refractivity contribution in [2.24, 2.45) is 24.6 Å². The van der Waals surface area contributed by atoms with Crippen molar-refractivity contribution in [1.29, 1.82) is 0 Å². The highest BCUT2D eigenvalue weighted by molar-refractivity contribution is 7.95. The van der Waals surface area contributed by atoms with E-state index < -0.39 is 88.7 Å². The second kappa shape index (κ2) is 19.4. The third-order valence-electron chi connectivity index (χ3n) is 13.8. The third kappa shape index (κ3) is 8.53. The van der Waals surface area contributed by atoms with Gasteiger partial charge >= 0.3 is 0 Å². The van der Waals surface area contributed by atoms with Crippen molar-refractivity contribution in [3.8, 4) is 5.75 Å². The number of phenols is 1. The summed E-state index contributed by atoms with van der Waals surface area (Å²) in [6, 6.07) is 23.4. The number of unbranched alkanes of at least 4 members (excludes halogenated alkanes) is 8. The number of primary amides is 1. The number of likely N-dealkylation sites (N-methyl/N-ethyl adjacent to an activating group) is 1. The molecule has 0 saturated heterocycles. The Morgan fingerprint density at radius 3 is 1.95 bits per heavy atom. The molecule has 7 rings (SSSR count). The highest BCUT2D eigenvalue weighted by atomic mass is 31.2. The average molecular weight is 907 g/mol. The van der Waals surface area contributed by atoms with Crippen LogP contribution in [0.2, 0.25) is 0 Å². The summed E-state index contributed by atoms with van der Waals surface area (Å²) >= 11 is 0. The zero-order chi connectivity index (χ0) is 46.8. The Kier molecular flexibility index (Phi) is 14.1. The van der Waals surface area contributed by atoms with Gasteiger partial charge in [-0.3, -0.25) is 28.8 Å². The van der Waals surface area contributed by atoms with E-state index in [2.05, 4.69) is 77.3 Å². The van der Waals surface area contributed by atoms with E-state index in [4.69, 9.17) is 5.73 Å². The number of Topliss-reactive ketones (excluding diaryl/α,β-unsaturated/α-hetero) is 2. The van der Waals surface area contributed by atoms with Gasteiger partial charge in [0.25, 0.3) is 5.91 Å². The fourth-order valence-corrected chi connectivity index (χ4v) is 14.9. The molecule has 2 amide bonds. The van der Waals surface area contributed by atoms with Crippen LogP contribution in [0.5, 0.6) is 5.75 Å². The Balaban J connectivity index is 0.918. The van der Waals surface area contributed by atoms with Crippen molar-refractivity contribution < 1.29 is 44.7 Å². The van der Waals surface area contributed by atoms with Crippen LogP contribution < -0.4 is 27.0 Å². The number of benzene rings is 3. The monoisotopic (exact) mass is 906 g/mol. The number of amides is 2. The molecule has 344 valence electrons. The van der Waals surface area contributed by atoms with Crippen LogP contribution in [0.1, 0.15) is 88.2 Å². The second-order valence-corrected chi connectivity index (χ2v) is 21.6. The van der Waals surface area contributed by atoms with E-state index in [1.54, 1.807) is 13.0 Å². The number of carbonyl (C=O) groups is 4. The summed E-state index contributed by atoms with van der Waals surface area (Å²) in [6.07, 6.45) is 13.0. The maximum absolute atomic E-state index is 14.3. The number of aryl methyl sites for hydroxylation is 1. The van der Waals surface area contributed by atoms with Gasteiger partial charge in [0.05, 0.1) is 47.9 Å². The summed E-state index contributed by atoms with van der Waals surface area (Å²) in [6.45, 7) is 1.66. The van der Waals surface area contributed by atoms with Crippen LogP contribution in [-0.2, 0) is 26.2 Å². The number of hydrogen-bond acceptors (Lipinski definition) is 11. The summed E-state index contributed by atoms with van der Waals surface area (Å²) in [5, 5.41) is 69.3. The van der Waals surface area contributed by atoms with Crippen molar-refractivity contribution >= 4 is 58.0 Å². The lowest BCUT2D eigenvalue weighted by molar-refractivity contribution is -0.169. The number of phenolic OH excluding ortho intramolecular Hbond substituents is 1. The predicted octanol–water partition coefficient (Wildman–Crippen LogP) is 5.06. The minimum atomic E-state index is -3.01. The number of carbonyl (C=O) groups excluding carboxylic acids is 4. The lowest BCUT2D eigenvalue weighted by atomic mass is 9.54. The molecule has 1 fully saturated rings. The normalized spacial score (nSPS) is 23.0. The number of aliphatic hydroxyl groups is 4. The van der Waals surface area contributed by atoms with Gasteiger partial charge in [-0.1, -0.05) is 87.9 Å². The minimum absolute atomic E-state index is 0.00557. The van der Waals surface area contributed by atoms with Crippen molar-refractivity contribution in [3.63, 3.8) is 0 Å². The highest BCUT2D eigenvalue weighted by Gasteiger charge is 2.68. The fourth-order valence-electron chi connectivity index (χ4n) is 10.6. The molecular formula is C50H61N5O9P+. The van der Waals surface area contributed by atoms with Crippen LogP contribution in [-0.4, -0.2) is 102 Å². The topological polar surface area (TPSA) is 229 Å². The number of hydrogen-bond donors (Lipinski definition) is 7. The Hall–Kier alpha value is -5.66. The number of anilines is 1. The molecule has 0 bridgehead atoms. The molecule has 1 saturated carbocycles. The molecule has 0 aliphatic heterocycles. The van der Waals surface area contributed by atoms with E-state index in [1.807, 2.05) is 17.9 Å². The van der Waals surface area contributed by atoms with Crippen molar-refractivity contribution in [2.45, 2.75) is 94.8 Å². The predicted molar refractivity (Wildman–Crippen MR) is 252 cm³/mol. The Bertz CT molecular complexity index is 2460. The Morgan fingerprint density at radius 1 is 0.846 bits per heavy atom. The van der Waals surface area contributed by atoms with Gasteiger partial charge < -0.3 is 36.6 Å². The Morgan fingerprint density at radius 2 is 1.42 bits per heavy atom. The van der Waals surface area contributed by atoms with Crippen LogP contribution in [0.4, 0.5) is 5.69 Å². The van der Waals surface area contributed by atoms with Crippen molar-refractivity contribution in [2.75, 3.05) is 25.6 Å². The SMILES string of the molecule is C[C@H]1c2ccc(NC(=O)CCCCCCCCCCC[P+](c3ccccc3)(c3ccccc3)c3cnn(C)c3)c(O)c2C(O)=C2C(=O)[C@]3(O)C(O)=C(C(N)=O)C(=O)[C@@H](N(C)C)[C@@H]3[C@@H](O)[C@@H]21. The molecule has 3 aliphatic carbocycles. The number of nitrogens with one attached hydrogen (secondary N) is 1. The van der Waals surface area contributed by atoms with Gasteiger partial charge in [-0.15, -0.1) is 0 Å². The lowest BCUT2D eigenvalue weighted by Crippen LogP contribution is -2.70. The summed E-state index contributed by atoms with van der Waals surface area (Å²) < 4.78 is 1.90. The summed E-state index contributed by atoms with van der Waals surface area (Å²) in [5.41, 5.74) is 1.09. The van der Waals surface area contributed by atoms with Gasteiger partial charge in [-0.05, 0) is 75.2 Å². The van der Waals surface area contributed by atoms with Crippen LogP contribution in [0.3, 0.4) is 0 Å². The largest absolute Gasteiger partial charge is 0.508 e. The van der Waals surface area contributed by atoms with Gasteiger partial charge in [0.15, 0.2) is 11.4 Å². The molecule has 0 radical (unpaired) electrons. The number of nitrogens with zero attached hydrogens (tertiary/aromatic N) is 3. The number of ketones is 2. The molecule has 4 aromatic rings. The van der Waals surface area contributed by atoms with Crippen molar-refractivity contribution in [1.82, 2.24) is 14.7 Å². The zero-order valence-corrected chi connectivity index (χ0v) is 38.4. The van der Waals surface area contributed by atoms with Gasteiger partial charge in [0, 0.05) is 25.0 Å². The van der Waals surface area contributed by atoms with Gasteiger partial charge in [0.2, 0.25) is 11.7 Å². The molecule has 15 heteroatoms. The number of nitrogens with two attached hydrogens (primary N) is 1. The smallest absolute Gasteiger partial charge is 0.255 e. The van der Waals surface area contributed by atoms with Crippen LogP contribution in [0.15, 0.2) is 102 Å². The first-order valence-electron chi connectivity index (χ1n) is 22.5. The molecule has 1 aromatic heterocycles. The number of fused-ring (bicyclic) bond motifs is 3. The second-order valence-electron chi connectivity index (χ2n) is 18.0. The first-order valence-corrected chi connectivity index (χ1v) is 24.5. The van der Waals surface area contributed by atoms with Crippen LogP contribution in [0.25, 0.3) is 5.76 Å². The van der Waals surface area contributed by atoms with Crippen LogP contribution in [0, 0.1) is 11.8 Å². The molecule has 3 aromatic carbocycles. The maximum Gasteiger partial charge on any atom is 0.255 e. The van der Waals surface area contributed by atoms with Crippen LogP contribution >= 0.6 is 7.26 Å². The average Bonchev–Trinajstić information content (AvgIpc) is 3.72. The number of aromatic hydroxyl groups is 1. The minimum Gasteiger partial charge on any atom is -0.508 e. The van der Waals surface area contributed by atoms with E-state index >= 15 is 0 Å². The fraction of sp³-hybridized carbons (Fsp3) is 0.420. The third-order valence-corrected chi connectivity index (χ3v) is 18.3. The van der Waals surface area contributed by atoms with E-state index in [1.165, 1.54) is 41.0 Å². The number of aromatic nitrogens is 2. The van der Waals surface area contributed by atoms with Gasteiger partial charge in [0.1, 0.15) is 46.0 Å². The summed E-state index contributed by atoms with van der Waals surface area (Å²) in [4.78, 5) is 54.4. The van der Waals surface area contributed by atoms with Crippen molar-refractivity contribution in [3.05, 3.63) is 113 Å². The Labute approximate surface area is 380 Å². The first kappa shape index (κ1) is 47.3. The molecule has 1 heterocycles. The molecule has 14 nitrogen and oxygen atoms in total. The molecule has 3 aliphatic rings. The quantitative estimate of drug-likeness (QED) is 0.0302. The van der Waals surface area contributed by atoms with Gasteiger partial charge in [-0.25, -0.2) is 0 Å². The van der Waals surface area contributed by atoms with E-state index in [0.29, 0.717) is 12.0 Å². The van der Waals surface area contributed by atoms with E-state index in [9.17, 15) is 44.7 Å².